The van der Waals surface area contributed by atoms with Gasteiger partial charge in [-0.15, -0.1) is 0 Å². The molecule has 0 saturated carbocycles. The van der Waals surface area contributed by atoms with Crippen LogP contribution >= 0.6 is 0 Å². The van der Waals surface area contributed by atoms with Crippen LogP contribution in [0.25, 0.3) is 10.9 Å². The molecule has 2 atom stereocenters. The highest BCUT2D eigenvalue weighted by molar-refractivity contribution is 5.98. The average molecular weight is 590 g/mol. The number of guanidine groups is 1. The number of amides is 3. The maximum absolute atomic E-state index is 13.1. The van der Waals surface area contributed by atoms with Crippen LogP contribution in [0.15, 0.2) is 71.7 Å². The van der Waals surface area contributed by atoms with E-state index in [1.807, 2.05) is 48.5 Å². The van der Waals surface area contributed by atoms with Crippen LogP contribution in [0.2, 0.25) is 0 Å². The van der Waals surface area contributed by atoms with Gasteiger partial charge in [0, 0.05) is 18.4 Å². The number of alkyl halides is 3. The third-order valence-electron chi connectivity index (χ3n) is 5.58. The minimum atomic E-state index is -5.08. The first-order chi connectivity index (χ1) is 19.8. The molecule has 0 bridgehead atoms. The van der Waals surface area contributed by atoms with Gasteiger partial charge in [-0.25, -0.2) is 9.78 Å². The highest BCUT2D eigenvalue weighted by Crippen LogP contribution is 2.14. The lowest BCUT2D eigenvalue weighted by Gasteiger charge is -2.22. The normalized spacial score (nSPS) is 12.2. The Hall–Kier alpha value is -5.21. The quantitative estimate of drug-likeness (QED) is 0.108. The van der Waals surface area contributed by atoms with E-state index in [-0.39, 0.29) is 31.0 Å². The minimum absolute atomic E-state index is 0.0629. The van der Waals surface area contributed by atoms with Crippen LogP contribution in [0.4, 0.5) is 13.2 Å². The van der Waals surface area contributed by atoms with Gasteiger partial charge in [0.2, 0.25) is 11.8 Å². The summed E-state index contributed by atoms with van der Waals surface area (Å²) in [5.41, 5.74) is 17.9. The maximum atomic E-state index is 13.1. The van der Waals surface area contributed by atoms with E-state index in [0.717, 1.165) is 10.9 Å². The Kier molecular flexibility index (Phi) is 12.2. The zero-order valence-corrected chi connectivity index (χ0v) is 22.2. The molecule has 9 N–H and O–H groups in total. The summed E-state index contributed by atoms with van der Waals surface area (Å²) in [6, 6.07) is 18.1. The van der Waals surface area contributed by atoms with Gasteiger partial charge in [-0.1, -0.05) is 54.6 Å². The molecule has 0 unspecified atom stereocenters. The molecule has 3 amide bonds. The first kappa shape index (κ1) is 33.0. The number of para-hydroxylation sites is 1. The van der Waals surface area contributed by atoms with Crippen LogP contribution in [0.3, 0.4) is 0 Å². The van der Waals surface area contributed by atoms with E-state index in [1.54, 1.807) is 18.2 Å². The van der Waals surface area contributed by atoms with Crippen LogP contribution in [0.1, 0.15) is 28.9 Å². The summed E-state index contributed by atoms with van der Waals surface area (Å²) in [5.74, 6) is -4.55. The van der Waals surface area contributed by atoms with Crippen molar-refractivity contribution in [3.05, 3.63) is 78.0 Å². The third kappa shape index (κ3) is 11.1. The number of rotatable bonds is 11. The summed E-state index contributed by atoms with van der Waals surface area (Å²) in [6.07, 6.45) is -4.21. The van der Waals surface area contributed by atoms with Crippen molar-refractivity contribution in [1.29, 1.82) is 0 Å². The number of pyridine rings is 1. The Balaban J connectivity index is 0.000000782. The van der Waals surface area contributed by atoms with Crippen molar-refractivity contribution in [2.24, 2.45) is 22.2 Å². The smallest absolute Gasteiger partial charge is 0.475 e. The summed E-state index contributed by atoms with van der Waals surface area (Å²) in [6.45, 7) is 0.277. The molecule has 3 aromatic rings. The van der Waals surface area contributed by atoms with E-state index >= 15 is 0 Å². The minimum Gasteiger partial charge on any atom is -0.475 e. The number of aliphatic carboxylic acids is 1. The van der Waals surface area contributed by atoms with Crippen molar-refractivity contribution in [2.75, 3.05) is 6.54 Å². The van der Waals surface area contributed by atoms with E-state index in [2.05, 4.69) is 20.6 Å². The molecular formula is C27H30F3N7O5. The number of fused-ring (bicyclic) bond motifs is 1. The van der Waals surface area contributed by atoms with Crippen molar-refractivity contribution in [1.82, 2.24) is 15.6 Å². The Labute approximate surface area is 238 Å². The zero-order chi connectivity index (χ0) is 31.3. The molecule has 15 heteroatoms. The number of carboxylic acid groups (broad SMARTS) is 1. The number of primary amides is 1. The van der Waals surface area contributed by atoms with Crippen LogP contribution < -0.4 is 27.8 Å². The molecule has 0 aliphatic heterocycles. The second-order valence-corrected chi connectivity index (χ2v) is 8.82. The monoisotopic (exact) mass is 589 g/mol. The first-order valence-corrected chi connectivity index (χ1v) is 12.4. The lowest BCUT2D eigenvalue weighted by Crippen LogP contribution is -2.53. The summed E-state index contributed by atoms with van der Waals surface area (Å²) >= 11 is 0. The van der Waals surface area contributed by atoms with Crippen molar-refractivity contribution in [3.63, 3.8) is 0 Å². The van der Waals surface area contributed by atoms with Gasteiger partial charge in [0.05, 0.1) is 5.52 Å². The van der Waals surface area contributed by atoms with Crippen molar-refractivity contribution >= 4 is 40.6 Å². The van der Waals surface area contributed by atoms with Crippen LogP contribution in [0, 0.1) is 0 Å². The van der Waals surface area contributed by atoms with Gasteiger partial charge in [-0.05, 0) is 30.5 Å². The van der Waals surface area contributed by atoms with Gasteiger partial charge < -0.3 is 32.9 Å². The van der Waals surface area contributed by atoms with E-state index in [4.69, 9.17) is 27.1 Å². The number of hydrogen-bond donors (Lipinski definition) is 6. The number of nitrogens with one attached hydrogen (secondary N) is 2. The number of benzene rings is 2. The SMILES string of the molecule is NC(=O)[C@H](Cc1ccccc1)NC(=O)[C@H](CCCN=C(N)N)NC(=O)c1ccc2ccccc2n1.O=C(O)C(F)(F)F. The third-order valence-corrected chi connectivity index (χ3v) is 5.58. The molecule has 3 rings (SSSR count). The van der Waals surface area contributed by atoms with Gasteiger partial charge in [-0.3, -0.25) is 19.4 Å². The fourth-order valence-corrected chi connectivity index (χ4v) is 3.54. The van der Waals surface area contributed by atoms with Crippen molar-refractivity contribution < 1.29 is 37.5 Å². The lowest BCUT2D eigenvalue weighted by atomic mass is 10.0. The summed E-state index contributed by atoms with van der Waals surface area (Å²) in [7, 11) is 0. The number of carbonyl (C=O) groups is 4. The molecule has 1 aromatic heterocycles. The lowest BCUT2D eigenvalue weighted by molar-refractivity contribution is -0.192. The van der Waals surface area contributed by atoms with Gasteiger partial charge >= 0.3 is 12.1 Å². The van der Waals surface area contributed by atoms with Gasteiger partial charge in [0.1, 0.15) is 17.8 Å². The van der Waals surface area contributed by atoms with Gasteiger partial charge in [0.15, 0.2) is 5.96 Å². The molecule has 0 spiro atoms. The molecule has 42 heavy (non-hydrogen) atoms. The van der Waals surface area contributed by atoms with Gasteiger partial charge in [0.25, 0.3) is 5.91 Å². The molecule has 0 fully saturated rings. The predicted octanol–water partition coefficient (Wildman–Crippen LogP) is 1.23. The molecule has 0 radical (unpaired) electrons. The standard InChI is InChI=1S/C25H29N7O3.C2HF3O2/c26-22(33)21(15-16-7-2-1-3-8-16)32-23(34)19(11-6-14-29-25(27)28)31-24(35)20-13-12-17-9-4-5-10-18(17)30-20;3-2(4,5)1(6)7/h1-5,7-10,12-13,19,21H,6,11,14-15H2,(H2,26,33)(H,31,35)(H,32,34)(H4,27,28,29);(H,6,7)/t19-,21-;/m0./s1. The van der Waals surface area contributed by atoms with Crippen LogP contribution in [-0.2, 0) is 20.8 Å². The number of carboxylic acids is 1. The Bertz CT molecular complexity index is 1410. The van der Waals surface area contributed by atoms with E-state index in [1.165, 1.54) is 0 Å². The molecule has 0 aliphatic rings. The first-order valence-electron chi connectivity index (χ1n) is 12.4. The Morgan fingerprint density at radius 2 is 1.50 bits per heavy atom. The van der Waals surface area contributed by atoms with E-state index < -0.39 is 42.0 Å². The van der Waals surface area contributed by atoms with Crippen molar-refractivity contribution in [2.45, 2.75) is 37.5 Å². The molecule has 2 aromatic carbocycles. The Morgan fingerprint density at radius 3 is 2.10 bits per heavy atom. The Morgan fingerprint density at radius 1 is 0.881 bits per heavy atom. The van der Waals surface area contributed by atoms with Crippen LogP contribution in [-0.4, -0.2) is 64.5 Å². The van der Waals surface area contributed by atoms with Crippen molar-refractivity contribution in [3.8, 4) is 0 Å². The molecule has 1 heterocycles. The number of aliphatic imine (C=N–C) groups is 1. The topological polar surface area (TPSA) is 216 Å². The molecule has 0 saturated heterocycles. The molecule has 12 nitrogen and oxygen atoms in total. The van der Waals surface area contributed by atoms with Crippen LogP contribution in [0.5, 0.6) is 0 Å². The summed E-state index contributed by atoms with van der Waals surface area (Å²) < 4.78 is 31.7. The molecule has 224 valence electrons. The summed E-state index contributed by atoms with van der Waals surface area (Å²) in [4.78, 5) is 55.3. The van der Waals surface area contributed by atoms with E-state index in [0.29, 0.717) is 11.9 Å². The largest absolute Gasteiger partial charge is 0.490 e. The van der Waals surface area contributed by atoms with E-state index in [9.17, 15) is 27.6 Å². The number of nitrogens with zero attached hydrogens (tertiary/aromatic N) is 2. The number of nitrogens with two attached hydrogens (primary N) is 3. The molecular weight excluding hydrogens is 559 g/mol. The zero-order valence-electron chi connectivity index (χ0n) is 22.2. The van der Waals surface area contributed by atoms with Gasteiger partial charge in [-0.2, -0.15) is 13.2 Å². The predicted molar refractivity (Wildman–Crippen MR) is 148 cm³/mol. The number of hydrogen-bond acceptors (Lipinski definition) is 6. The average Bonchev–Trinajstić information content (AvgIpc) is 2.94. The fraction of sp³-hybridized carbons (Fsp3) is 0.259. The number of carbonyl (C=O) groups excluding carboxylic acids is 3. The number of aromatic nitrogens is 1. The molecule has 0 aliphatic carbocycles. The second kappa shape index (κ2) is 15.5. The highest BCUT2D eigenvalue weighted by Gasteiger charge is 2.38. The highest BCUT2D eigenvalue weighted by atomic mass is 19.4. The number of halogens is 3. The second-order valence-electron chi connectivity index (χ2n) is 8.82. The summed E-state index contributed by atoms with van der Waals surface area (Å²) in [5, 5.41) is 13.4. The maximum Gasteiger partial charge on any atom is 0.490 e. The fourth-order valence-electron chi connectivity index (χ4n) is 3.54.